The number of nitrogens with one attached hydrogen (secondary N) is 1. The third-order valence-corrected chi connectivity index (χ3v) is 3.40. The van der Waals surface area contributed by atoms with Gasteiger partial charge in [-0.25, -0.2) is 0 Å². The summed E-state index contributed by atoms with van der Waals surface area (Å²) in [6.07, 6.45) is 0.700. The van der Waals surface area contributed by atoms with Gasteiger partial charge in [0.05, 0.1) is 16.4 Å². The SMILES string of the molecule is CCC(NC(=O)C(C)(C)c1ccccc1)C(N)=S. The van der Waals surface area contributed by atoms with E-state index in [0.29, 0.717) is 11.4 Å². The molecule has 1 aromatic carbocycles. The second kappa shape index (κ2) is 5.96. The predicted molar refractivity (Wildman–Crippen MR) is 78.5 cm³/mol. The fraction of sp³-hybridized carbons (Fsp3) is 0.429. The summed E-state index contributed by atoms with van der Waals surface area (Å²) in [4.78, 5) is 12.6. The van der Waals surface area contributed by atoms with Crippen LogP contribution in [0, 0.1) is 0 Å². The predicted octanol–water partition coefficient (Wildman–Crippen LogP) is 2.15. The lowest BCUT2D eigenvalue weighted by Crippen LogP contribution is -2.49. The van der Waals surface area contributed by atoms with Gasteiger partial charge in [0.2, 0.25) is 5.91 Å². The molecule has 0 aliphatic heterocycles. The molecule has 0 spiro atoms. The van der Waals surface area contributed by atoms with Gasteiger partial charge in [0, 0.05) is 0 Å². The number of hydrogen-bond donors (Lipinski definition) is 2. The van der Waals surface area contributed by atoms with Crippen LogP contribution in [0.1, 0.15) is 32.8 Å². The Hall–Kier alpha value is -1.42. The zero-order valence-electron chi connectivity index (χ0n) is 11.1. The van der Waals surface area contributed by atoms with Crippen molar-refractivity contribution in [1.82, 2.24) is 5.32 Å². The summed E-state index contributed by atoms with van der Waals surface area (Å²) in [6.45, 7) is 5.73. The molecular weight excluding hydrogens is 244 g/mol. The maximum Gasteiger partial charge on any atom is 0.230 e. The van der Waals surface area contributed by atoms with Crippen molar-refractivity contribution >= 4 is 23.1 Å². The van der Waals surface area contributed by atoms with Crippen molar-refractivity contribution in [3.05, 3.63) is 35.9 Å². The highest BCUT2D eigenvalue weighted by Gasteiger charge is 2.31. The van der Waals surface area contributed by atoms with Crippen molar-refractivity contribution in [1.29, 1.82) is 0 Å². The lowest BCUT2D eigenvalue weighted by Gasteiger charge is -2.27. The largest absolute Gasteiger partial charge is 0.392 e. The third-order valence-electron chi connectivity index (χ3n) is 3.12. The number of benzene rings is 1. The topological polar surface area (TPSA) is 55.1 Å². The highest BCUT2D eigenvalue weighted by molar-refractivity contribution is 7.80. The smallest absolute Gasteiger partial charge is 0.230 e. The summed E-state index contributed by atoms with van der Waals surface area (Å²) in [7, 11) is 0. The van der Waals surface area contributed by atoms with E-state index in [-0.39, 0.29) is 11.9 Å². The first-order valence-corrected chi connectivity index (χ1v) is 6.46. The summed E-state index contributed by atoms with van der Waals surface area (Å²) in [5.74, 6) is -0.0617. The van der Waals surface area contributed by atoms with E-state index < -0.39 is 5.41 Å². The molecule has 0 bridgehead atoms. The van der Waals surface area contributed by atoms with Crippen LogP contribution >= 0.6 is 12.2 Å². The Labute approximate surface area is 114 Å². The Kier molecular flexibility index (Phi) is 4.84. The Morgan fingerprint density at radius 2 is 1.94 bits per heavy atom. The molecule has 1 amide bonds. The molecule has 18 heavy (non-hydrogen) atoms. The van der Waals surface area contributed by atoms with Gasteiger partial charge in [0.25, 0.3) is 0 Å². The molecule has 0 fully saturated rings. The second-order valence-corrected chi connectivity index (χ2v) is 5.30. The molecule has 1 aromatic rings. The van der Waals surface area contributed by atoms with E-state index in [0.717, 1.165) is 5.56 Å². The van der Waals surface area contributed by atoms with Crippen LogP contribution in [0.3, 0.4) is 0 Å². The lowest BCUT2D eigenvalue weighted by molar-refractivity contribution is -0.126. The molecule has 0 aromatic heterocycles. The van der Waals surface area contributed by atoms with Crippen molar-refractivity contribution < 1.29 is 4.79 Å². The van der Waals surface area contributed by atoms with Crippen LogP contribution < -0.4 is 11.1 Å². The minimum Gasteiger partial charge on any atom is -0.392 e. The van der Waals surface area contributed by atoms with Crippen LogP contribution in [-0.4, -0.2) is 16.9 Å². The van der Waals surface area contributed by atoms with E-state index in [4.69, 9.17) is 18.0 Å². The van der Waals surface area contributed by atoms with Crippen LogP contribution in [0.4, 0.5) is 0 Å². The number of carbonyl (C=O) groups excluding carboxylic acids is 1. The molecular formula is C14H20N2OS. The third kappa shape index (κ3) is 3.29. The summed E-state index contributed by atoms with van der Waals surface area (Å²) in [6, 6.07) is 9.43. The summed E-state index contributed by atoms with van der Waals surface area (Å²) < 4.78 is 0. The molecule has 1 rings (SSSR count). The molecule has 0 radical (unpaired) electrons. The standard InChI is InChI=1S/C14H20N2OS/c1-4-11(12(15)18)16-13(17)14(2,3)10-8-6-5-7-9-10/h5-9,11H,4H2,1-3H3,(H2,15,18)(H,16,17). The zero-order chi connectivity index (χ0) is 13.8. The van der Waals surface area contributed by atoms with E-state index in [1.807, 2.05) is 51.1 Å². The maximum atomic E-state index is 12.3. The normalized spacial score (nSPS) is 12.8. The molecule has 0 aliphatic rings. The minimum absolute atomic E-state index is 0.0617. The van der Waals surface area contributed by atoms with Gasteiger partial charge in [-0.2, -0.15) is 0 Å². The number of rotatable bonds is 5. The van der Waals surface area contributed by atoms with E-state index in [1.165, 1.54) is 0 Å². The monoisotopic (exact) mass is 264 g/mol. The molecule has 98 valence electrons. The fourth-order valence-electron chi connectivity index (χ4n) is 1.70. The molecule has 0 aliphatic carbocycles. The van der Waals surface area contributed by atoms with Gasteiger partial charge in [0.1, 0.15) is 0 Å². The Morgan fingerprint density at radius 1 is 1.39 bits per heavy atom. The van der Waals surface area contributed by atoms with E-state index in [9.17, 15) is 4.79 Å². The van der Waals surface area contributed by atoms with Crippen molar-refractivity contribution in [3.63, 3.8) is 0 Å². The van der Waals surface area contributed by atoms with Gasteiger partial charge in [-0.05, 0) is 25.8 Å². The molecule has 3 nitrogen and oxygen atoms in total. The van der Waals surface area contributed by atoms with E-state index in [1.54, 1.807) is 0 Å². The quantitative estimate of drug-likeness (QED) is 0.801. The summed E-state index contributed by atoms with van der Waals surface area (Å²) >= 11 is 4.94. The van der Waals surface area contributed by atoms with Crippen LogP contribution in [-0.2, 0) is 10.2 Å². The Morgan fingerprint density at radius 3 is 2.39 bits per heavy atom. The first-order valence-electron chi connectivity index (χ1n) is 6.05. The van der Waals surface area contributed by atoms with Crippen molar-refractivity contribution in [2.75, 3.05) is 0 Å². The van der Waals surface area contributed by atoms with Crippen LogP contribution in [0.15, 0.2) is 30.3 Å². The molecule has 4 heteroatoms. The first kappa shape index (κ1) is 14.6. The Balaban J connectivity index is 2.86. The van der Waals surface area contributed by atoms with Gasteiger partial charge in [-0.1, -0.05) is 49.5 Å². The second-order valence-electron chi connectivity index (χ2n) is 4.83. The number of thiocarbonyl (C=S) groups is 1. The first-order chi connectivity index (χ1) is 8.39. The average Bonchev–Trinajstić information content (AvgIpc) is 2.36. The minimum atomic E-state index is -0.598. The molecule has 1 atom stereocenters. The van der Waals surface area contributed by atoms with Crippen LogP contribution in [0.5, 0.6) is 0 Å². The fourth-order valence-corrected chi connectivity index (χ4v) is 1.92. The molecule has 0 saturated carbocycles. The van der Waals surface area contributed by atoms with Gasteiger partial charge in [0.15, 0.2) is 0 Å². The van der Waals surface area contributed by atoms with Gasteiger partial charge in [-0.3, -0.25) is 4.79 Å². The summed E-state index contributed by atoms with van der Waals surface area (Å²) in [5, 5.41) is 2.90. The maximum absolute atomic E-state index is 12.3. The van der Waals surface area contributed by atoms with Crippen LogP contribution in [0.2, 0.25) is 0 Å². The van der Waals surface area contributed by atoms with Gasteiger partial charge in [-0.15, -0.1) is 0 Å². The van der Waals surface area contributed by atoms with Crippen molar-refractivity contribution in [3.8, 4) is 0 Å². The molecule has 0 heterocycles. The Bertz CT molecular complexity index is 429. The molecule has 3 N–H and O–H groups in total. The lowest BCUT2D eigenvalue weighted by atomic mass is 9.83. The van der Waals surface area contributed by atoms with Crippen LogP contribution in [0.25, 0.3) is 0 Å². The number of amides is 1. The zero-order valence-corrected chi connectivity index (χ0v) is 11.9. The van der Waals surface area contributed by atoms with Crippen molar-refractivity contribution in [2.45, 2.75) is 38.6 Å². The van der Waals surface area contributed by atoms with Gasteiger partial charge >= 0.3 is 0 Å². The highest BCUT2D eigenvalue weighted by atomic mass is 32.1. The molecule has 1 unspecified atom stereocenters. The van der Waals surface area contributed by atoms with E-state index in [2.05, 4.69) is 5.32 Å². The number of carbonyl (C=O) groups is 1. The van der Waals surface area contributed by atoms with Crippen molar-refractivity contribution in [2.24, 2.45) is 5.73 Å². The number of hydrogen-bond acceptors (Lipinski definition) is 2. The highest BCUT2D eigenvalue weighted by Crippen LogP contribution is 2.23. The summed E-state index contributed by atoms with van der Waals surface area (Å²) in [5.41, 5.74) is 5.97. The molecule has 0 saturated heterocycles. The number of nitrogens with two attached hydrogens (primary N) is 1. The van der Waals surface area contributed by atoms with Gasteiger partial charge < -0.3 is 11.1 Å². The van der Waals surface area contributed by atoms with E-state index >= 15 is 0 Å². The average molecular weight is 264 g/mol.